The summed E-state index contributed by atoms with van der Waals surface area (Å²) in [5.74, 6) is 1.74. The van der Waals surface area contributed by atoms with Crippen LogP contribution >= 0.6 is 0 Å². The lowest BCUT2D eigenvalue weighted by Gasteiger charge is -2.23. The van der Waals surface area contributed by atoms with Gasteiger partial charge in [0.25, 0.3) is 0 Å². The van der Waals surface area contributed by atoms with Crippen LogP contribution in [0, 0.1) is 5.82 Å². The summed E-state index contributed by atoms with van der Waals surface area (Å²) in [4.78, 5) is 11.0. The van der Waals surface area contributed by atoms with E-state index in [0.717, 1.165) is 28.5 Å². The molecule has 33 heavy (non-hydrogen) atoms. The molecule has 1 atom stereocenters. The van der Waals surface area contributed by atoms with Crippen LogP contribution in [0.3, 0.4) is 0 Å². The molecule has 0 aliphatic rings. The number of hydrogen-bond acceptors (Lipinski definition) is 7. The molecule has 0 aliphatic carbocycles. The molecule has 0 fully saturated rings. The minimum atomic E-state index is -0.269. The first kappa shape index (κ1) is 20.7. The maximum absolute atomic E-state index is 13.4. The molecule has 10 heteroatoms. The SMILES string of the molecule is CN(C)C(c1ccc(F)cc1)c1nnc2cc(-c3ccnc(Nc4ccnn4C)n3)ccn12. The van der Waals surface area contributed by atoms with Gasteiger partial charge in [-0.05, 0) is 50.0 Å². The minimum Gasteiger partial charge on any atom is -0.309 e. The van der Waals surface area contributed by atoms with Gasteiger partial charge in [0.2, 0.25) is 5.95 Å². The van der Waals surface area contributed by atoms with Gasteiger partial charge < -0.3 is 5.32 Å². The smallest absolute Gasteiger partial charge is 0.228 e. The lowest BCUT2D eigenvalue weighted by atomic mass is 10.1. The Balaban J connectivity index is 1.49. The summed E-state index contributed by atoms with van der Waals surface area (Å²) in [6, 6.07) is 13.9. The van der Waals surface area contributed by atoms with Gasteiger partial charge in [-0.25, -0.2) is 14.4 Å². The van der Waals surface area contributed by atoms with Gasteiger partial charge in [-0.3, -0.25) is 14.0 Å². The molecule has 5 aromatic rings. The van der Waals surface area contributed by atoms with E-state index in [1.165, 1.54) is 12.1 Å². The first-order valence-electron chi connectivity index (χ1n) is 10.3. The summed E-state index contributed by atoms with van der Waals surface area (Å²) in [5, 5.41) is 16.1. The molecule has 9 nitrogen and oxygen atoms in total. The van der Waals surface area contributed by atoms with Crippen LogP contribution in [0.5, 0.6) is 0 Å². The van der Waals surface area contributed by atoms with Crippen molar-refractivity contribution in [3.05, 3.63) is 84.3 Å². The Labute approximate surface area is 189 Å². The minimum absolute atomic E-state index is 0.180. The van der Waals surface area contributed by atoms with Crippen molar-refractivity contribution >= 4 is 17.4 Å². The lowest BCUT2D eigenvalue weighted by Crippen LogP contribution is -2.23. The number of rotatable bonds is 6. The van der Waals surface area contributed by atoms with E-state index in [1.807, 2.05) is 60.9 Å². The lowest BCUT2D eigenvalue weighted by molar-refractivity contribution is 0.328. The van der Waals surface area contributed by atoms with Gasteiger partial charge in [0, 0.05) is 31.1 Å². The molecule has 0 aliphatic heterocycles. The van der Waals surface area contributed by atoms with Crippen molar-refractivity contribution in [3.8, 4) is 11.3 Å². The molecule has 0 radical (unpaired) electrons. The number of aromatic nitrogens is 7. The summed E-state index contributed by atoms with van der Waals surface area (Å²) in [6.45, 7) is 0. The molecule has 5 rings (SSSR count). The number of nitrogens with zero attached hydrogens (tertiary/aromatic N) is 8. The number of aryl methyl sites for hydroxylation is 1. The molecule has 0 saturated carbocycles. The fourth-order valence-electron chi connectivity index (χ4n) is 3.77. The van der Waals surface area contributed by atoms with Crippen LogP contribution in [0.4, 0.5) is 16.2 Å². The first-order chi connectivity index (χ1) is 16.0. The highest BCUT2D eigenvalue weighted by atomic mass is 19.1. The summed E-state index contributed by atoms with van der Waals surface area (Å²) in [5.41, 5.74) is 3.27. The number of nitrogens with one attached hydrogen (secondary N) is 1. The molecular formula is C23H22FN9. The normalized spacial score (nSPS) is 12.4. The standard InChI is InChI=1S/C23H22FN9/c1-31(2)21(15-4-6-17(24)7-5-15)22-30-29-20-14-16(10-13-33(20)22)18-8-11-25-23(27-18)28-19-9-12-26-32(19)3/h4-14,21H,1-3H3,(H,25,27,28). The fraction of sp³-hybridized carbons (Fsp3) is 0.174. The van der Waals surface area contributed by atoms with E-state index in [2.05, 4.69) is 30.6 Å². The van der Waals surface area contributed by atoms with Crippen LogP contribution < -0.4 is 5.32 Å². The molecule has 1 unspecified atom stereocenters. The highest BCUT2D eigenvalue weighted by molar-refractivity contribution is 5.65. The molecule has 1 aromatic carbocycles. The molecule has 0 bridgehead atoms. The first-order valence-corrected chi connectivity index (χ1v) is 10.3. The van der Waals surface area contributed by atoms with E-state index in [4.69, 9.17) is 0 Å². The maximum Gasteiger partial charge on any atom is 0.228 e. The third-order valence-electron chi connectivity index (χ3n) is 5.40. The third-order valence-corrected chi connectivity index (χ3v) is 5.40. The van der Waals surface area contributed by atoms with Gasteiger partial charge in [-0.1, -0.05) is 12.1 Å². The van der Waals surface area contributed by atoms with Gasteiger partial charge in [-0.15, -0.1) is 10.2 Å². The number of pyridine rings is 1. The Bertz CT molecular complexity index is 1410. The number of halogens is 1. The van der Waals surface area contributed by atoms with Crippen LogP contribution in [0.15, 0.2) is 67.1 Å². The molecule has 4 aromatic heterocycles. The van der Waals surface area contributed by atoms with E-state index in [9.17, 15) is 4.39 Å². The van der Waals surface area contributed by atoms with Gasteiger partial charge in [0.1, 0.15) is 11.6 Å². The number of benzene rings is 1. The highest BCUT2D eigenvalue weighted by Crippen LogP contribution is 2.27. The Morgan fingerprint density at radius 2 is 1.82 bits per heavy atom. The van der Waals surface area contributed by atoms with Crippen LogP contribution in [0.2, 0.25) is 0 Å². The van der Waals surface area contributed by atoms with Crippen molar-refractivity contribution in [2.45, 2.75) is 6.04 Å². The van der Waals surface area contributed by atoms with Crippen molar-refractivity contribution in [1.29, 1.82) is 0 Å². The number of anilines is 2. The zero-order valence-electron chi connectivity index (χ0n) is 18.4. The van der Waals surface area contributed by atoms with E-state index in [-0.39, 0.29) is 11.9 Å². The van der Waals surface area contributed by atoms with Crippen LogP contribution in [0.25, 0.3) is 16.9 Å². The zero-order chi connectivity index (χ0) is 22.9. The largest absolute Gasteiger partial charge is 0.309 e. The summed E-state index contributed by atoms with van der Waals surface area (Å²) in [6.07, 6.45) is 5.34. The molecule has 0 saturated heterocycles. The van der Waals surface area contributed by atoms with Crippen LogP contribution in [0.1, 0.15) is 17.4 Å². The van der Waals surface area contributed by atoms with Crippen LogP contribution in [-0.2, 0) is 7.05 Å². The summed E-state index contributed by atoms with van der Waals surface area (Å²) in [7, 11) is 5.76. The average Bonchev–Trinajstić information content (AvgIpc) is 3.41. The third kappa shape index (κ3) is 4.03. The second-order valence-electron chi connectivity index (χ2n) is 7.85. The van der Waals surface area contributed by atoms with Crippen molar-refractivity contribution in [1.82, 2.24) is 39.2 Å². The highest BCUT2D eigenvalue weighted by Gasteiger charge is 2.23. The van der Waals surface area contributed by atoms with Gasteiger partial charge in [-0.2, -0.15) is 5.10 Å². The molecule has 166 valence electrons. The molecule has 4 heterocycles. The van der Waals surface area contributed by atoms with Gasteiger partial charge >= 0.3 is 0 Å². The Morgan fingerprint density at radius 1 is 1.00 bits per heavy atom. The summed E-state index contributed by atoms with van der Waals surface area (Å²) < 4.78 is 17.1. The van der Waals surface area contributed by atoms with Crippen LogP contribution in [-0.4, -0.2) is 53.3 Å². The van der Waals surface area contributed by atoms with Gasteiger partial charge in [0.05, 0.1) is 17.9 Å². The second kappa shape index (κ2) is 8.40. The Morgan fingerprint density at radius 3 is 2.55 bits per heavy atom. The molecular weight excluding hydrogens is 421 g/mol. The van der Waals surface area contributed by atoms with Crippen molar-refractivity contribution in [2.75, 3.05) is 19.4 Å². The van der Waals surface area contributed by atoms with E-state index in [0.29, 0.717) is 11.6 Å². The zero-order valence-corrected chi connectivity index (χ0v) is 18.4. The number of fused-ring (bicyclic) bond motifs is 1. The van der Waals surface area contributed by atoms with Gasteiger partial charge in [0.15, 0.2) is 11.5 Å². The predicted octanol–water partition coefficient (Wildman–Crippen LogP) is 3.45. The molecule has 0 amide bonds. The second-order valence-corrected chi connectivity index (χ2v) is 7.85. The van der Waals surface area contributed by atoms with E-state index < -0.39 is 0 Å². The van der Waals surface area contributed by atoms with Crippen molar-refractivity contribution in [2.24, 2.45) is 7.05 Å². The Hall–Kier alpha value is -4.18. The topological polar surface area (TPSA) is 89.1 Å². The fourth-order valence-corrected chi connectivity index (χ4v) is 3.77. The van der Waals surface area contributed by atoms with E-state index in [1.54, 1.807) is 29.2 Å². The molecule has 1 N–H and O–H groups in total. The molecule has 0 spiro atoms. The van der Waals surface area contributed by atoms with Crippen molar-refractivity contribution in [3.63, 3.8) is 0 Å². The monoisotopic (exact) mass is 443 g/mol. The number of hydrogen-bond donors (Lipinski definition) is 1. The average molecular weight is 443 g/mol. The van der Waals surface area contributed by atoms with E-state index >= 15 is 0 Å². The Kier molecular flexibility index (Phi) is 5.27. The van der Waals surface area contributed by atoms with Crippen molar-refractivity contribution < 1.29 is 4.39 Å². The maximum atomic E-state index is 13.4. The summed E-state index contributed by atoms with van der Waals surface area (Å²) >= 11 is 0. The predicted molar refractivity (Wildman–Crippen MR) is 122 cm³/mol. The quantitative estimate of drug-likeness (QED) is 0.430.